The molecule has 0 unspecified atom stereocenters. The van der Waals surface area contributed by atoms with Crippen LogP contribution in [0.5, 0.6) is 0 Å². The van der Waals surface area contributed by atoms with E-state index in [0.717, 1.165) is 6.54 Å². The smallest absolute Gasteiger partial charge is 0.311 e. The largest absolute Gasteiger partial charge is 0.350 e. The normalized spacial score (nSPS) is 11.0. The Kier molecular flexibility index (Phi) is 3.56. The molecule has 2 heterocycles. The Hall–Kier alpha value is -2.47. The molecule has 0 amide bonds. The summed E-state index contributed by atoms with van der Waals surface area (Å²) < 4.78 is 2.94. The summed E-state index contributed by atoms with van der Waals surface area (Å²) >= 11 is 0. The number of aromatic nitrogens is 4. The van der Waals surface area contributed by atoms with Crippen molar-refractivity contribution in [3.8, 4) is 0 Å². The fourth-order valence-electron chi connectivity index (χ4n) is 2.04. The first-order valence-electron chi connectivity index (χ1n) is 6.48. The molecular weight excluding hydrogens is 254 g/mol. The van der Waals surface area contributed by atoms with Gasteiger partial charge < -0.3 is 5.32 Å². The average molecular weight is 269 g/mol. The van der Waals surface area contributed by atoms with E-state index in [2.05, 4.69) is 27.5 Å². The number of hydrogen-bond donors (Lipinski definition) is 1. The lowest BCUT2D eigenvalue weighted by atomic mass is 10.2. The molecule has 0 saturated heterocycles. The first kappa shape index (κ1) is 12.6. The average Bonchev–Trinajstić information content (AvgIpc) is 2.82. The third kappa shape index (κ3) is 2.60. The molecule has 0 saturated carbocycles. The number of hydrogen-bond acceptors (Lipinski definition) is 4. The summed E-state index contributed by atoms with van der Waals surface area (Å²) in [5.41, 5.74) is 1.66. The molecular formula is C14H15N5O. The minimum atomic E-state index is -0.135. The predicted molar refractivity (Wildman–Crippen MR) is 75.4 cm³/mol. The summed E-state index contributed by atoms with van der Waals surface area (Å²) in [5.74, 6) is 0. The Balaban J connectivity index is 1.60. The second-order valence-corrected chi connectivity index (χ2v) is 4.47. The van der Waals surface area contributed by atoms with Gasteiger partial charge in [-0.3, -0.25) is 4.98 Å². The zero-order valence-electron chi connectivity index (χ0n) is 10.9. The monoisotopic (exact) mass is 269 g/mol. The van der Waals surface area contributed by atoms with E-state index in [0.29, 0.717) is 18.7 Å². The van der Waals surface area contributed by atoms with Crippen LogP contribution in [0.2, 0.25) is 0 Å². The predicted octanol–water partition coefficient (Wildman–Crippen LogP) is 0.681. The van der Waals surface area contributed by atoms with Crippen molar-refractivity contribution in [1.29, 1.82) is 0 Å². The summed E-state index contributed by atoms with van der Waals surface area (Å²) in [6, 6.07) is 10.1. The third-order valence-electron chi connectivity index (χ3n) is 3.06. The number of nitrogens with zero attached hydrogens (tertiary/aromatic N) is 4. The molecule has 0 aliphatic carbocycles. The van der Waals surface area contributed by atoms with E-state index in [1.54, 1.807) is 18.6 Å². The van der Waals surface area contributed by atoms with Crippen LogP contribution in [0, 0.1) is 0 Å². The van der Waals surface area contributed by atoms with Gasteiger partial charge in [0.05, 0.1) is 12.7 Å². The lowest BCUT2D eigenvalue weighted by Crippen LogP contribution is -2.27. The SMILES string of the molecule is O=c1n(CCNCc2ccccc2)nc2cnccn12. The molecule has 6 nitrogen and oxygen atoms in total. The van der Waals surface area contributed by atoms with Crippen molar-refractivity contribution in [3.05, 3.63) is 65.0 Å². The summed E-state index contributed by atoms with van der Waals surface area (Å²) in [6.07, 6.45) is 4.78. The highest BCUT2D eigenvalue weighted by molar-refractivity contribution is 5.31. The minimum absolute atomic E-state index is 0.135. The highest BCUT2D eigenvalue weighted by atomic mass is 16.2. The second-order valence-electron chi connectivity index (χ2n) is 4.47. The quantitative estimate of drug-likeness (QED) is 0.692. The van der Waals surface area contributed by atoms with Crippen molar-refractivity contribution in [3.63, 3.8) is 0 Å². The Bertz CT molecular complexity index is 747. The number of fused-ring (bicyclic) bond motifs is 1. The zero-order chi connectivity index (χ0) is 13.8. The summed E-state index contributed by atoms with van der Waals surface area (Å²) in [7, 11) is 0. The van der Waals surface area contributed by atoms with Gasteiger partial charge in [-0.05, 0) is 5.56 Å². The standard InChI is InChI=1S/C14H15N5O/c20-14-18-8-6-16-11-13(18)17-19(14)9-7-15-10-12-4-2-1-3-5-12/h1-6,8,11,15H,7,9-10H2. The van der Waals surface area contributed by atoms with Crippen molar-refractivity contribution < 1.29 is 0 Å². The fourth-order valence-corrected chi connectivity index (χ4v) is 2.04. The number of rotatable bonds is 5. The van der Waals surface area contributed by atoms with Crippen LogP contribution in [0.3, 0.4) is 0 Å². The van der Waals surface area contributed by atoms with Crippen LogP contribution in [0.25, 0.3) is 5.65 Å². The highest BCUT2D eigenvalue weighted by Crippen LogP contribution is 1.97. The maximum absolute atomic E-state index is 12.0. The molecule has 3 rings (SSSR count). The van der Waals surface area contributed by atoms with Gasteiger partial charge >= 0.3 is 5.69 Å². The molecule has 6 heteroatoms. The molecule has 3 aromatic rings. The maximum atomic E-state index is 12.0. The van der Waals surface area contributed by atoms with Crippen LogP contribution in [-0.2, 0) is 13.1 Å². The van der Waals surface area contributed by atoms with Crippen molar-refractivity contribution >= 4 is 5.65 Å². The molecule has 0 fully saturated rings. The van der Waals surface area contributed by atoms with E-state index in [-0.39, 0.29) is 5.69 Å². The highest BCUT2D eigenvalue weighted by Gasteiger charge is 2.05. The lowest BCUT2D eigenvalue weighted by molar-refractivity contribution is 0.541. The van der Waals surface area contributed by atoms with Gasteiger partial charge in [0, 0.05) is 25.5 Å². The molecule has 0 aliphatic heterocycles. The summed E-state index contributed by atoms with van der Waals surface area (Å²) in [5, 5.41) is 7.52. The lowest BCUT2D eigenvalue weighted by Gasteiger charge is -2.04. The van der Waals surface area contributed by atoms with Gasteiger partial charge in [-0.15, -0.1) is 5.10 Å². The van der Waals surface area contributed by atoms with Crippen molar-refractivity contribution in [2.75, 3.05) is 6.54 Å². The third-order valence-corrected chi connectivity index (χ3v) is 3.06. The number of nitrogens with one attached hydrogen (secondary N) is 1. The van der Waals surface area contributed by atoms with E-state index in [1.165, 1.54) is 14.6 Å². The van der Waals surface area contributed by atoms with E-state index in [9.17, 15) is 4.79 Å². The Labute approximate surface area is 115 Å². The van der Waals surface area contributed by atoms with Crippen LogP contribution < -0.4 is 11.0 Å². The summed E-state index contributed by atoms with van der Waals surface area (Å²) in [4.78, 5) is 16.0. The van der Waals surface area contributed by atoms with Crippen molar-refractivity contribution in [2.45, 2.75) is 13.1 Å². The van der Waals surface area contributed by atoms with Gasteiger partial charge in [0.2, 0.25) is 0 Å². The van der Waals surface area contributed by atoms with E-state index in [4.69, 9.17) is 0 Å². The van der Waals surface area contributed by atoms with Gasteiger partial charge in [0.1, 0.15) is 0 Å². The topological polar surface area (TPSA) is 64.2 Å². The van der Waals surface area contributed by atoms with Crippen LogP contribution in [0.1, 0.15) is 5.56 Å². The molecule has 0 atom stereocenters. The molecule has 2 aromatic heterocycles. The Morgan fingerprint density at radius 3 is 2.85 bits per heavy atom. The number of benzene rings is 1. The van der Waals surface area contributed by atoms with E-state index in [1.807, 2.05) is 18.2 Å². The molecule has 102 valence electrons. The molecule has 1 aromatic carbocycles. The van der Waals surface area contributed by atoms with Crippen LogP contribution in [0.15, 0.2) is 53.7 Å². The van der Waals surface area contributed by atoms with Gasteiger partial charge in [0.15, 0.2) is 5.65 Å². The molecule has 0 spiro atoms. The Morgan fingerprint density at radius 1 is 1.20 bits per heavy atom. The van der Waals surface area contributed by atoms with Gasteiger partial charge in [-0.1, -0.05) is 30.3 Å². The van der Waals surface area contributed by atoms with Crippen molar-refractivity contribution in [1.82, 2.24) is 24.5 Å². The van der Waals surface area contributed by atoms with Crippen LogP contribution >= 0.6 is 0 Å². The molecule has 20 heavy (non-hydrogen) atoms. The van der Waals surface area contributed by atoms with Crippen molar-refractivity contribution in [2.24, 2.45) is 0 Å². The maximum Gasteiger partial charge on any atom is 0.350 e. The molecule has 0 radical (unpaired) electrons. The first-order chi connectivity index (χ1) is 9.84. The fraction of sp³-hybridized carbons (Fsp3) is 0.214. The van der Waals surface area contributed by atoms with E-state index < -0.39 is 0 Å². The van der Waals surface area contributed by atoms with Crippen LogP contribution in [-0.4, -0.2) is 25.7 Å². The molecule has 0 aliphatic rings. The Morgan fingerprint density at radius 2 is 2.05 bits per heavy atom. The molecule has 1 N–H and O–H groups in total. The molecule has 0 bridgehead atoms. The minimum Gasteiger partial charge on any atom is -0.311 e. The van der Waals surface area contributed by atoms with E-state index >= 15 is 0 Å². The summed E-state index contributed by atoms with van der Waals surface area (Å²) in [6.45, 7) is 2.00. The first-order valence-corrected chi connectivity index (χ1v) is 6.48. The van der Waals surface area contributed by atoms with Gasteiger partial charge in [-0.25, -0.2) is 13.9 Å². The van der Waals surface area contributed by atoms with Crippen LogP contribution in [0.4, 0.5) is 0 Å². The zero-order valence-corrected chi connectivity index (χ0v) is 10.9. The van der Waals surface area contributed by atoms with Gasteiger partial charge in [0.25, 0.3) is 0 Å². The second kappa shape index (κ2) is 5.66. The van der Waals surface area contributed by atoms with Gasteiger partial charge in [-0.2, -0.15) is 0 Å².